The highest BCUT2D eigenvalue weighted by Gasteiger charge is 2.27. The third-order valence-corrected chi connectivity index (χ3v) is 4.22. The molecule has 1 aliphatic rings. The number of aromatic nitrogens is 4. The summed E-state index contributed by atoms with van der Waals surface area (Å²) in [6.45, 7) is 3.69. The lowest BCUT2D eigenvalue weighted by molar-refractivity contribution is 0.206. The second-order valence-corrected chi connectivity index (χ2v) is 5.98. The van der Waals surface area contributed by atoms with Gasteiger partial charge in [0.05, 0.1) is 17.6 Å². The Labute approximate surface area is 134 Å². The summed E-state index contributed by atoms with van der Waals surface area (Å²) < 4.78 is 8.03. The van der Waals surface area contributed by atoms with Crippen LogP contribution in [-0.2, 0) is 7.05 Å². The van der Waals surface area contributed by atoms with Gasteiger partial charge in [0, 0.05) is 32.4 Å². The zero-order valence-electron chi connectivity index (χ0n) is 13.3. The van der Waals surface area contributed by atoms with Gasteiger partial charge in [-0.3, -0.25) is 0 Å². The third-order valence-electron chi connectivity index (χ3n) is 4.22. The first kappa shape index (κ1) is 14.0. The molecule has 0 bridgehead atoms. The van der Waals surface area contributed by atoms with Gasteiger partial charge in [0.25, 0.3) is 0 Å². The molecule has 0 N–H and O–H groups in total. The fourth-order valence-corrected chi connectivity index (χ4v) is 3.01. The van der Waals surface area contributed by atoms with Crippen LogP contribution in [0.3, 0.4) is 0 Å². The SMILES string of the molecule is Cc1cnc(OC2CCN(c3nc4ccccc4n3C)C2)nc1. The van der Waals surface area contributed by atoms with Crippen LogP contribution in [0.1, 0.15) is 12.0 Å². The summed E-state index contributed by atoms with van der Waals surface area (Å²) in [4.78, 5) is 15.5. The molecule has 2 aromatic heterocycles. The van der Waals surface area contributed by atoms with Crippen LogP contribution in [-0.4, -0.2) is 38.7 Å². The van der Waals surface area contributed by atoms with Crippen molar-refractivity contribution < 1.29 is 4.74 Å². The molecule has 6 heteroatoms. The number of nitrogens with zero attached hydrogens (tertiary/aromatic N) is 5. The van der Waals surface area contributed by atoms with Gasteiger partial charge in [0.1, 0.15) is 6.10 Å². The number of para-hydroxylation sites is 2. The lowest BCUT2D eigenvalue weighted by atomic mass is 10.3. The molecule has 3 heterocycles. The molecule has 3 aromatic rings. The first-order chi connectivity index (χ1) is 11.2. The summed E-state index contributed by atoms with van der Waals surface area (Å²) in [6.07, 6.45) is 4.60. The van der Waals surface area contributed by atoms with E-state index in [1.807, 2.05) is 25.1 Å². The van der Waals surface area contributed by atoms with Crippen LogP contribution in [0.4, 0.5) is 5.95 Å². The van der Waals surface area contributed by atoms with Crippen LogP contribution >= 0.6 is 0 Å². The van der Waals surface area contributed by atoms with Gasteiger partial charge in [0.15, 0.2) is 0 Å². The number of rotatable bonds is 3. The van der Waals surface area contributed by atoms with Crippen molar-refractivity contribution >= 4 is 17.0 Å². The molecule has 6 nitrogen and oxygen atoms in total. The Kier molecular flexibility index (Phi) is 3.37. The van der Waals surface area contributed by atoms with Gasteiger partial charge in [0.2, 0.25) is 5.95 Å². The summed E-state index contributed by atoms with van der Waals surface area (Å²) in [5, 5.41) is 0. The number of aryl methyl sites for hydroxylation is 2. The molecular weight excluding hydrogens is 290 g/mol. The van der Waals surface area contributed by atoms with Crippen molar-refractivity contribution in [2.24, 2.45) is 7.05 Å². The van der Waals surface area contributed by atoms with E-state index in [1.54, 1.807) is 12.4 Å². The van der Waals surface area contributed by atoms with Crippen LogP contribution in [0.15, 0.2) is 36.7 Å². The van der Waals surface area contributed by atoms with E-state index in [9.17, 15) is 0 Å². The molecule has 23 heavy (non-hydrogen) atoms. The van der Waals surface area contributed by atoms with E-state index in [0.717, 1.165) is 42.1 Å². The molecule has 1 fully saturated rings. The van der Waals surface area contributed by atoms with Crippen molar-refractivity contribution in [2.75, 3.05) is 18.0 Å². The molecule has 1 atom stereocenters. The minimum Gasteiger partial charge on any atom is -0.458 e. The normalized spacial score (nSPS) is 17.8. The van der Waals surface area contributed by atoms with Crippen molar-refractivity contribution in [3.63, 3.8) is 0 Å². The summed E-state index contributed by atoms with van der Waals surface area (Å²) in [6, 6.07) is 8.65. The number of ether oxygens (including phenoxy) is 1. The van der Waals surface area contributed by atoms with Crippen LogP contribution in [0.25, 0.3) is 11.0 Å². The van der Waals surface area contributed by atoms with E-state index in [0.29, 0.717) is 6.01 Å². The van der Waals surface area contributed by atoms with Gasteiger partial charge >= 0.3 is 6.01 Å². The van der Waals surface area contributed by atoms with Gasteiger partial charge in [-0.1, -0.05) is 12.1 Å². The Balaban J connectivity index is 1.51. The average Bonchev–Trinajstić information content (AvgIpc) is 3.15. The molecule has 1 saturated heterocycles. The summed E-state index contributed by atoms with van der Waals surface area (Å²) in [5.74, 6) is 0.988. The summed E-state index contributed by atoms with van der Waals surface area (Å²) >= 11 is 0. The minimum absolute atomic E-state index is 0.0949. The number of anilines is 1. The molecule has 0 saturated carbocycles. The first-order valence-corrected chi connectivity index (χ1v) is 7.82. The van der Waals surface area contributed by atoms with Crippen LogP contribution in [0.5, 0.6) is 6.01 Å². The molecular formula is C17H19N5O. The zero-order valence-corrected chi connectivity index (χ0v) is 13.3. The first-order valence-electron chi connectivity index (χ1n) is 7.82. The molecule has 4 rings (SSSR count). The Morgan fingerprint density at radius 2 is 1.96 bits per heavy atom. The molecule has 1 unspecified atom stereocenters. The van der Waals surface area contributed by atoms with Gasteiger partial charge in [-0.25, -0.2) is 15.0 Å². The van der Waals surface area contributed by atoms with Crippen LogP contribution in [0.2, 0.25) is 0 Å². The maximum Gasteiger partial charge on any atom is 0.316 e. The quantitative estimate of drug-likeness (QED) is 0.743. The molecule has 0 spiro atoms. The number of benzene rings is 1. The maximum atomic E-state index is 5.90. The van der Waals surface area contributed by atoms with E-state index >= 15 is 0 Å². The highest BCUT2D eigenvalue weighted by Crippen LogP contribution is 2.25. The third kappa shape index (κ3) is 2.60. The van der Waals surface area contributed by atoms with E-state index in [4.69, 9.17) is 9.72 Å². The molecule has 0 aliphatic carbocycles. The monoisotopic (exact) mass is 309 g/mol. The van der Waals surface area contributed by atoms with Gasteiger partial charge < -0.3 is 14.2 Å². The Morgan fingerprint density at radius 1 is 1.17 bits per heavy atom. The second-order valence-electron chi connectivity index (χ2n) is 5.98. The van der Waals surface area contributed by atoms with Crippen molar-refractivity contribution in [3.8, 4) is 6.01 Å². The number of fused-ring (bicyclic) bond motifs is 1. The van der Waals surface area contributed by atoms with E-state index in [2.05, 4.69) is 32.5 Å². The number of hydrogen-bond donors (Lipinski definition) is 0. The lowest BCUT2D eigenvalue weighted by Gasteiger charge is -2.17. The summed E-state index contributed by atoms with van der Waals surface area (Å²) in [5.41, 5.74) is 3.20. The van der Waals surface area contributed by atoms with Crippen LogP contribution < -0.4 is 9.64 Å². The molecule has 118 valence electrons. The summed E-state index contributed by atoms with van der Waals surface area (Å²) in [7, 11) is 2.06. The van der Waals surface area contributed by atoms with E-state index in [1.165, 1.54) is 0 Å². The average molecular weight is 309 g/mol. The smallest absolute Gasteiger partial charge is 0.316 e. The Morgan fingerprint density at radius 3 is 2.74 bits per heavy atom. The van der Waals surface area contributed by atoms with Crippen molar-refractivity contribution in [1.29, 1.82) is 0 Å². The predicted molar refractivity (Wildman–Crippen MR) is 88.7 cm³/mol. The fourth-order valence-electron chi connectivity index (χ4n) is 3.01. The highest BCUT2D eigenvalue weighted by molar-refractivity contribution is 5.78. The van der Waals surface area contributed by atoms with Gasteiger partial charge in [-0.05, 0) is 24.6 Å². The Bertz CT molecular complexity index is 827. The van der Waals surface area contributed by atoms with Crippen molar-refractivity contribution in [2.45, 2.75) is 19.4 Å². The maximum absolute atomic E-state index is 5.90. The van der Waals surface area contributed by atoms with Gasteiger partial charge in [-0.2, -0.15) is 0 Å². The standard InChI is InChI=1S/C17H19N5O/c1-12-9-18-16(19-10-12)23-13-7-8-22(11-13)17-20-14-5-3-4-6-15(14)21(17)2/h3-6,9-10,13H,7-8,11H2,1-2H3. The molecule has 0 amide bonds. The number of hydrogen-bond acceptors (Lipinski definition) is 5. The molecule has 1 aliphatic heterocycles. The largest absolute Gasteiger partial charge is 0.458 e. The zero-order chi connectivity index (χ0) is 15.8. The topological polar surface area (TPSA) is 56.1 Å². The Hall–Kier alpha value is -2.63. The van der Waals surface area contributed by atoms with Crippen molar-refractivity contribution in [1.82, 2.24) is 19.5 Å². The lowest BCUT2D eigenvalue weighted by Crippen LogP contribution is -2.27. The van der Waals surface area contributed by atoms with E-state index < -0.39 is 0 Å². The van der Waals surface area contributed by atoms with Gasteiger partial charge in [-0.15, -0.1) is 0 Å². The second kappa shape index (κ2) is 5.53. The number of imidazole rings is 1. The fraction of sp³-hybridized carbons (Fsp3) is 0.353. The minimum atomic E-state index is 0.0949. The highest BCUT2D eigenvalue weighted by atomic mass is 16.5. The van der Waals surface area contributed by atoms with E-state index in [-0.39, 0.29) is 6.10 Å². The predicted octanol–water partition coefficient (Wildman–Crippen LogP) is 2.33. The molecule has 1 aromatic carbocycles. The van der Waals surface area contributed by atoms with Crippen molar-refractivity contribution in [3.05, 3.63) is 42.2 Å². The molecule has 0 radical (unpaired) electrons. The van der Waals surface area contributed by atoms with Crippen LogP contribution in [0, 0.1) is 6.92 Å².